The van der Waals surface area contributed by atoms with Crippen molar-refractivity contribution in [3.05, 3.63) is 54.1 Å². The van der Waals surface area contributed by atoms with Gasteiger partial charge >= 0.3 is 0 Å². The SMILES string of the molecule is CCCS(=O)(=O)N1CCC(NC(=O)CCc2c(-c3ccc(OC)cc3)[nH]c3ccccc23)CC1. The summed E-state index contributed by atoms with van der Waals surface area (Å²) in [4.78, 5) is 16.3. The van der Waals surface area contributed by atoms with Crippen molar-refractivity contribution >= 4 is 26.8 Å². The van der Waals surface area contributed by atoms with E-state index in [2.05, 4.69) is 16.4 Å². The van der Waals surface area contributed by atoms with Crippen molar-refractivity contribution in [2.24, 2.45) is 0 Å². The number of methoxy groups -OCH3 is 1. The predicted octanol–water partition coefficient (Wildman–Crippen LogP) is 4.10. The van der Waals surface area contributed by atoms with Crippen LogP contribution >= 0.6 is 0 Å². The van der Waals surface area contributed by atoms with Crippen molar-refractivity contribution in [2.75, 3.05) is 26.0 Å². The summed E-state index contributed by atoms with van der Waals surface area (Å²) < 4.78 is 31.4. The molecular formula is C26H33N3O4S. The zero-order valence-corrected chi connectivity index (χ0v) is 20.7. The number of para-hydroxylation sites is 1. The van der Waals surface area contributed by atoms with Gasteiger partial charge in [-0.2, -0.15) is 0 Å². The molecule has 1 fully saturated rings. The summed E-state index contributed by atoms with van der Waals surface area (Å²) in [5.41, 5.74) is 4.24. The average molecular weight is 484 g/mol. The number of hydrogen-bond donors (Lipinski definition) is 2. The van der Waals surface area contributed by atoms with Crippen LogP contribution in [0.2, 0.25) is 0 Å². The quantitative estimate of drug-likeness (QED) is 0.479. The number of aryl methyl sites for hydroxylation is 1. The molecule has 1 saturated heterocycles. The third-order valence-corrected chi connectivity index (χ3v) is 8.54. The first-order chi connectivity index (χ1) is 16.4. The summed E-state index contributed by atoms with van der Waals surface area (Å²) in [6.45, 7) is 2.81. The number of fused-ring (bicyclic) bond motifs is 1. The van der Waals surface area contributed by atoms with Crippen LogP contribution in [0.1, 0.15) is 38.2 Å². The molecule has 0 unspecified atom stereocenters. The number of carbonyl (C=O) groups is 1. The highest BCUT2D eigenvalue weighted by atomic mass is 32.2. The molecule has 182 valence electrons. The molecule has 1 aliphatic rings. The maximum Gasteiger partial charge on any atom is 0.220 e. The van der Waals surface area contributed by atoms with Crippen LogP contribution in [-0.4, -0.2) is 55.6 Å². The molecule has 1 aromatic heterocycles. The van der Waals surface area contributed by atoms with Gasteiger partial charge < -0.3 is 15.0 Å². The van der Waals surface area contributed by atoms with Gasteiger partial charge in [-0.3, -0.25) is 4.79 Å². The van der Waals surface area contributed by atoms with E-state index in [1.54, 1.807) is 11.4 Å². The largest absolute Gasteiger partial charge is 0.497 e. The van der Waals surface area contributed by atoms with Gasteiger partial charge in [0.2, 0.25) is 15.9 Å². The Morgan fingerprint density at radius 1 is 1.12 bits per heavy atom. The van der Waals surface area contributed by atoms with E-state index in [9.17, 15) is 13.2 Å². The number of nitrogens with one attached hydrogen (secondary N) is 2. The van der Waals surface area contributed by atoms with Gasteiger partial charge in [-0.1, -0.05) is 25.1 Å². The Kier molecular flexibility index (Phi) is 7.58. The normalized spacial score (nSPS) is 15.5. The molecule has 7 nitrogen and oxygen atoms in total. The Balaban J connectivity index is 1.41. The molecule has 4 rings (SSSR count). The zero-order valence-electron chi connectivity index (χ0n) is 19.8. The highest BCUT2D eigenvalue weighted by molar-refractivity contribution is 7.89. The zero-order chi connectivity index (χ0) is 24.1. The standard InChI is InChI=1S/C26H33N3O4S/c1-3-18-34(31,32)29-16-14-20(15-17-29)27-25(30)13-12-23-22-6-4-5-7-24(22)28-26(23)19-8-10-21(33-2)11-9-19/h4-11,20,28H,3,12-18H2,1-2H3,(H,27,30). The Morgan fingerprint density at radius 2 is 1.82 bits per heavy atom. The molecule has 34 heavy (non-hydrogen) atoms. The molecule has 2 heterocycles. The number of sulfonamides is 1. The van der Waals surface area contributed by atoms with Crippen LogP contribution in [-0.2, 0) is 21.2 Å². The second-order valence-corrected chi connectivity index (χ2v) is 10.9. The fourth-order valence-electron chi connectivity index (χ4n) is 4.67. The number of H-pyrrole nitrogens is 1. The highest BCUT2D eigenvalue weighted by Crippen LogP contribution is 2.32. The van der Waals surface area contributed by atoms with Crippen molar-refractivity contribution in [3.63, 3.8) is 0 Å². The van der Waals surface area contributed by atoms with Gasteiger partial charge in [0, 0.05) is 42.1 Å². The highest BCUT2D eigenvalue weighted by Gasteiger charge is 2.28. The van der Waals surface area contributed by atoms with Crippen LogP contribution in [0.3, 0.4) is 0 Å². The number of hydrogen-bond acceptors (Lipinski definition) is 4. The average Bonchev–Trinajstić information content (AvgIpc) is 3.22. The lowest BCUT2D eigenvalue weighted by Gasteiger charge is -2.31. The minimum Gasteiger partial charge on any atom is -0.497 e. The minimum absolute atomic E-state index is 0.000766. The lowest BCUT2D eigenvalue weighted by atomic mass is 10.0. The van der Waals surface area contributed by atoms with E-state index in [-0.39, 0.29) is 17.7 Å². The van der Waals surface area contributed by atoms with Gasteiger partial charge in [-0.15, -0.1) is 0 Å². The van der Waals surface area contributed by atoms with Gasteiger partial charge in [0.05, 0.1) is 12.9 Å². The third kappa shape index (κ3) is 5.45. The fraction of sp³-hybridized carbons (Fsp3) is 0.423. The fourth-order valence-corrected chi connectivity index (χ4v) is 6.21. The van der Waals surface area contributed by atoms with E-state index in [0.717, 1.165) is 33.5 Å². The molecule has 0 atom stereocenters. The smallest absolute Gasteiger partial charge is 0.220 e. The third-order valence-electron chi connectivity index (χ3n) is 6.47. The van der Waals surface area contributed by atoms with Crippen molar-refractivity contribution in [1.29, 1.82) is 0 Å². The number of amides is 1. The molecule has 1 amide bonds. The molecule has 2 N–H and O–H groups in total. The lowest BCUT2D eigenvalue weighted by Crippen LogP contribution is -2.47. The van der Waals surface area contributed by atoms with E-state index in [0.29, 0.717) is 45.2 Å². The number of benzene rings is 2. The van der Waals surface area contributed by atoms with Crippen LogP contribution in [0.15, 0.2) is 48.5 Å². The van der Waals surface area contributed by atoms with Crippen molar-refractivity contribution < 1.29 is 17.9 Å². The summed E-state index contributed by atoms with van der Waals surface area (Å²) in [7, 11) is -1.52. The Hall–Kier alpha value is -2.84. The van der Waals surface area contributed by atoms with Crippen LogP contribution < -0.4 is 10.1 Å². The monoisotopic (exact) mass is 483 g/mol. The first kappa shape index (κ1) is 24.3. The van der Waals surface area contributed by atoms with Gasteiger partial charge in [0.15, 0.2) is 0 Å². The molecular weight excluding hydrogens is 450 g/mol. The minimum atomic E-state index is -3.17. The molecule has 0 aliphatic carbocycles. The van der Waals surface area contributed by atoms with Crippen LogP contribution in [0.25, 0.3) is 22.2 Å². The molecule has 2 aromatic carbocycles. The Morgan fingerprint density at radius 3 is 2.50 bits per heavy atom. The number of aromatic amines is 1. The number of nitrogens with zero attached hydrogens (tertiary/aromatic N) is 1. The molecule has 0 spiro atoms. The first-order valence-electron chi connectivity index (χ1n) is 11.9. The number of rotatable bonds is 9. The number of carbonyl (C=O) groups excluding carboxylic acids is 1. The maximum atomic E-state index is 12.8. The second kappa shape index (κ2) is 10.6. The van der Waals surface area contributed by atoms with E-state index < -0.39 is 10.0 Å². The summed E-state index contributed by atoms with van der Waals surface area (Å²) >= 11 is 0. The molecule has 3 aromatic rings. The van der Waals surface area contributed by atoms with Crippen LogP contribution in [0.5, 0.6) is 5.75 Å². The van der Waals surface area contributed by atoms with Crippen LogP contribution in [0, 0.1) is 0 Å². The maximum absolute atomic E-state index is 12.8. The number of piperidine rings is 1. The topological polar surface area (TPSA) is 91.5 Å². The number of ether oxygens (including phenoxy) is 1. The summed E-state index contributed by atoms with van der Waals surface area (Å²) in [5.74, 6) is 0.987. The predicted molar refractivity (Wildman–Crippen MR) is 135 cm³/mol. The van der Waals surface area contributed by atoms with E-state index in [4.69, 9.17) is 4.74 Å². The molecule has 0 radical (unpaired) electrons. The van der Waals surface area contributed by atoms with Crippen LogP contribution in [0.4, 0.5) is 0 Å². The molecule has 0 saturated carbocycles. The molecule has 1 aliphatic heterocycles. The lowest BCUT2D eigenvalue weighted by molar-refractivity contribution is -0.122. The van der Waals surface area contributed by atoms with Gasteiger partial charge in [0.1, 0.15) is 5.75 Å². The van der Waals surface area contributed by atoms with Crippen molar-refractivity contribution in [1.82, 2.24) is 14.6 Å². The van der Waals surface area contributed by atoms with Gasteiger partial charge in [-0.25, -0.2) is 12.7 Å². The summed E-state index contributed by atoms with van der Waals surface area (Å²) in [6.07, 6.45) is 2.91. The first-order valence-corrected chi connectivity index (χ1v) is 13.5. The Labute approximate surface area is 201 Å². The summed E-state index contributed by atoms with van der Waals surface area (Å²) in [6, 6.07) is 16.1. The van der Waals surface area contributed by atoms with Gasteiger partial charge in [0.25, 0.3) is 0 Å². The Bertz CT molecular complexity index is 1230. The van der Waals surface area contributed by atoms with Crippen molar-refractivity contribution in [2.45, 2.75) is 45.1 Å². The van der Waals surface area contributed by atoms with E-state index in [1.807, 2.05) is 49.4 Å². The number of aromatic nitrogens is 1. The van der Waals surface area contributed by atoms with E-state index >= 15 is 0 Å². The van der Waals surface area contributed by atoms with Gasteiger partial charge in [-0.05, 0) is 67.1 Å². The summed E-state index contributed by atoms with van der Waals surface area (Å²) in [5, 5.41) is 4.24. The molecule has 0 bridgehead atoms. The second-order valence-electron chi connectivity index (χ2n) is 8.81. The molecule has 8 heteroatoms. The van der Waals surface area contributed by atoms with E-state index in [1.165, 1.54) is 0 Å². The van der Waals surface area contributed by atoms with Crippen molar-refractivity contribution in [3.8, 4) is 17.0 Å².